The van der Waals surface area contributed by atoms with Crippen molar-refractivity contribution in [3.63, 3.8) is 0 Å². The van der Waals surface area contributed by atoms with Gasteiger partial charge in [-0.3, -0.25) is 0 Å². The Kier molecular flexibility index (Phi) is 1.29. The predicted octanol–water partition coefficient (Wildman–Crippen LogP) is 2.12. The first-order chi connectivity index (χ1) is 6.70. The normalized spacial score (nSPS) is 21.1. The maximum atomic E-state index is 11.3. The van der Waals surface area contributed by atoms with Crippen molar-refractivity contribution in [1.29, 1.82) is 0 Å². The first kappa shape index (κ1) is 7.85. The largest absolute Gasteiger partial charge is 0.328 e. The van der Waals surface area contributed by atoms with Gasteiger partial charge in [0.25, 0.3) is 0 Å². The molecule has 0 bridgehead atoms. The van der Waals surface area contributed by atoms with Crippen molar-refractivity contribution in [3.05, 3.63) is 29.3 Å². The number of fused-ring (bicyclic) bond motifs is 2. The fourth-order valence-electron chi connectivity index (χ4n) is 2.12. The molecule has 1 aromatic rings. The van der Waals surface area contributed by atoms with Gasteiger partial charge in [0.15, 0.2) is 0 Å². The van der Waals surface area contributed by atoms with Crippen LogP contribution in [0.5, 0.6) is 0 Å². The number of nitrogens with one attached hydrogen (secondary N) is 2. The molecular weight excluding hydrogens is 176 g/mol. The molecule has 0 aromatic heterocycles. The second kappa shape index (κ2) is 2.29. The predicted molar refractivity (Wildman–Crippen MR) is 54.2 cm³/mol. The summed E-state index contributed by atoms with van der Waals surface area (Å²) >= 11 is 0. The molecule has 1 saturated carbocycles. The van der Waals surface area contributed by atoms with Crippen LogP contribution < -0.4 is 10.6 Å². The van der Waals surface area contributed by atoms with E-state index in [9.17, 15) is 4.79 Å². The van der Waals surface area contributed by atoms with Crippen LogP contribution in [0.2, 0.25) is 0 Å². The number of anilines is 1. The van der Waals surface area contributed by atoms with E-state index in [4.69, 9.17) is 0 Å². The van der Waals surface area contributed by atoms with E-state index >= 15 is 0 Å². The average molecular weight is 188 g/mol. The lowest BCUT2D eigenvalue weighted by atomic mass is 9.98. The van der Waals surface area contributed by atoms with Crippen LogP contribution in [0.25, 0.3) is 0 Å². The molecule has 1 fully saturated rings. The molecule has 3 rings (SSSR count). The molecule has 1 aliphatic heterocycles. The van der Waals surface area contributed by atoms with E-state index in [1.165, 1.54) is 11.1 Å². The van der Waals surface area contributed by atoms with Gasteiger partial charge < -0.3 is 10.6 Å². The van der Waals surface area contributed by atoms with Crippen molar-refractivity contribution in [2.75, 3.05) is 5.32 Å². The third kappa shape index (κ3) is 0.953. The molecule has 0 atom stereocenters. The maximum Gasteiger partial charge on any atom is 0.319 e. The van der Waals surface area contributed by atoms with E-state index in [-0.39, 0.29) is 11.6 Å². The van der Waals surface area contributed by atoms with E-state index in [1.807, 2.05) is 12.1 Å². The van der Waals surface area contributed by atoms with Gasteiger partial charge >= 0.3 is 6.03 Å². The van der Waals surface area contributed by atoms with Gasteiger partial charge in [0, 0.05) is 11.3 Å². The van der Waals surface area contributed by atoms with Gasteiger partial charge in [-0.05, 0) is 25.8 Å². The highest BCUT2D eigenvalue weighted by Crippen LogP contribution is 2.50. The van der Waals surface area contributed by atoms with Gasteiger partial charge in [0.2, 0.25) is 0 Å². The third-order valence-corrected chi connectivity index (χ3v) is 3.04. The Morgan fingerprint density at radius 3 is 2.86 bits per heavy atom. The molecule has 2 amide bonds. The highest BCUT2D eigenvalue weighted by molar-refractivity contribution is 5.94. The smallest absolute Gasteiger partial charge is 0.319 e. The minimum Gasteiger partial charge on any atom is -0.328 e. The van der Waals surface area contributed by atoms with Gasteiger partial charge in [-0.25, -0.2) is 4.79 Å². The van der Waals surface area contributed by atoms with Crippen LogP contribution in [0.1, 0.15) is 24.0 Å². The van der Waals surface area contributed by atoms with E-state index in [0.29, 0.717) is 0 Å². The molecule has 14 heavy (non-hydrogen) atoms. The van der Waals surface area contributed by atoms with E-state index in [0.717, 1.165) is 18.5 Å². The molecule has 0 radical (unpaired) electrons. The summed E-state index contributed by atoms with van der Waals surface area (Å²) < 4.78 is 0. The summed E-state index contributed by atoms with van der Waals surface area (Å²) in [6, 6.07) is 6.11. The lowest BCUT2D eigenvalue weighted by molar-refractivity contribution is 0.246. The molecule has 1 aromatic carbocycles. The molecule has 72 valence electrons. The van der Waals surface area contributed by atoms with E-state index < -0.39 is 0 Å². The summed E-state index contributed by atoms with van der Waals surface area (Å²) in [5.74, 6) is 0. The molecule has 1 aliphatic carbocycles. The molecule has 3 heteroatoms. The van der Waals surface area contributed by atoms with E-state index in [1.54, 1.807) is 0 Å². The summed E-state index contributed by atoms with van der Waals surface area (Å²) in [5, 5.41) is 5.83. The van der Waals surface area contributed by atoms with Crippen LogP contribution >= 0.6 is 0 Å². The standard InChI is InChI=1S/C11H12N2O/c1-7-2-3-9-8(6-7)11(4-5-11)13-10(14)12-9/h2-3,6H,4-5H2,1H3,(H2,12,13,14). The number of amides is 2. The highest BCUT2D eigenvalue weighted by Gasteiger charge is 2.49. The van der Waals surface area contributed by atoms with Crippen LogP contribution in [-0.2, 0) is 5.54 Å². The zero-order chi connectivity index (χ0) is 9.76. The lowest BCUT2D eigenvalue weighted by Gasteiger charge is -2.27. The van der Waals surface area contributed by atoms with Crippen molar-refractivity contribution in [1.82, 2.24) is 5.32 Å². The molecule has 2 aliphatic rings. The van der Waals surface area contributed by atoms with Gasteiger partial charge in [-0.15, -0.1) is 0 Å². The lowest BCUT2D eigenvalue weighted by Crippen LogP contribution is -2.43. The summed E-state index contributed by atoms with van der Waals surface area (Å²) in [5.41, 5.74) is 3.42. The third-order valence-electron chi connectivity index (χ3n) is 3.04. The summed E-state index contributed by atoms with van der Waals surface area (Å²) in [7, 11) is 0. The number of benzene rings is 1. The molecule has 0 unspecified atom stereocenters. The zero-order valence-corrected chi connectivity index (χ0v) is 8.05. The van der Waals surface area contributed by atoms with Crippen molar-refractivity contribution in [3.8, 4) is 0 Å². The minimum absolute atomic E-state index is 0.0380. The first-order valence-electron chi connectivity index (χ1n) is 4.90. The van der Waals surface area contributed by atoms with Crippen molar-refractivity contribution in [2.45, 2.75) is 25.3 Å². The SMILES string of the molecule is Cc1ccc2c(c1)C1(CC1)NC(=O)N2. The molecule has 2 N–H and O–H groups in total. The molecule has 1 spiro atoms. The summed E-state index contributed by atoms with van der Waals surface area (Å²) in [6.07, 6.45) is 2.13. The molecule has 0 saturated heterocycles. The second-order valence-corrected chi connectivity index (χ2v) is 4.21. The van der Waals surface area contributed by atoms with Gasteiger partial charge in [-0.1, -0.05) is 17.7 Å². The quantitative estimate of drug-likeness (QED) is 0.643. The molecule has 3 nitrogen and oxygen atoms in total. The fraction of sp³-hybridized carbons (Fsp3) is 0.364. The van der Waals surface area contributed by atoms with Crippen LogP contribution in [0, 0.1) is 6.92 Å². The number of hydrogen-bond donors (Lipinski definition) is 2. The van der Waals surface area contributed by atoms with Gasteiger partial charge in [0.1, 0.15) is 0 Å². The second-order valence-electron chi connectivity index (χ2n) is 4.21. The number of rotatable bonds is 0. The van der Waals surface area contributed by atoms with Crippen LogP contribution in [-0.4, -0.2) is 6.03 Å². The number of carbonyl (C=O) groups excluding carboxylic acids is 1. The number of urea groups is 1. The summed E-state index contributed by atoms with van der Waals surface area (Å²) in [4.78, 5) is 11.3. The highest BCUT2D eigenvalue weighted by atomic mass is 16.2. The van der Waals surface area contributed by atoms with Crippen molar-refractivity contribution >= 4 is 11.7 Å². The first-order valence-corrected chi connectivity index (χ1v) is 4.90. The Bertz CT molecular complexity index is 421. The monoisotopic (exact) mass is 188 g/mol. The number of carbonyl (C=O) groups is 1. The summed E-state index contributed by atoms with van der Waals surface area (Å²) in [6.45, 7) is 2.08. The zero-order valence-electron chi connectivity index (χ0n) is 8.05. The Morgan fingerprint density at radius 1 is 1.36 bits per heavy atom. The molecular formula is C11H12N2O. The van der Waals surface area contributed by atoms with Crippen molar-refractivity contribution < 1.29 is 4.79 Å². The maximum absolute atomic E-state index is 11.3. The Labute approximate surface area is 82.5 Å². The fourth-order valence-corrected chi connectivity index (χ4v) is 2.12. The van der Waals surface area contributed by atoms with Gasteiger partial charge in [-0.2, -0.15) is 0 Å². The molecule has 1 heterocycles. The average Bonchev–Trinajstić information content (AvgIpc) is 2.88. The minimum atomic E-state index is -0.0705. The van der Waals surface area contributed by atoms with E-state index in [2.05, 4.69) is 23.6 Å². The van der Waals surface area contributed by atoms with Crippen molar-refractivity contribution in [2.24, 2.45) is 0 Å². The van der Waals surface area contributed by atoms with Gasteiger partial charge in [0.05, 0.1) is 5.54 Å². The van der Waals surface area contributed by atoms with Crippen LogP contribution in [0.3, 0.4) is 0 Å². The Balaban J connectivity index is 2.18. The number of aryl methyl sites for hydroxylation is 1. The van der Waals surface area contributed by atoms with Crippen LogP contribution in [0.4, 0.5) is 10.5 Å². The Morgan fingerprint density at radius 2 is 2.14 bits per heavy atom. The number of hydrogen-bond acceptors (Lipinski definition) is 1. The topological polar surface area (TPSA) is 41.1 Å². The Hall–Kier alpha value is -1.51. The van der Waals surface area contributed by atoms with Crippen LogP contribution in [0.15, 0.2) is 18.2 Å².